The minimum absolute atomic E-state index is 0.0461. The van der Waals surface area contributed by atoms with E-state index in [2.05, 4.69) is 23.6 Å². The molecule has 1 aromatic rings. The third-order valence-electron chi connectivity index (χ3n) is 3.40. The first kappa shape index (κ1) is 19.5. The fraction of sp³-hybridized carbons (Fsp3) is 0.353. The van der Waals surface area contributed by atoms with Crippen molar-refractivity contribution in [2.24, 2.45) is 10.9 Å². The van der Waals surface area contributed by atoms with Crippen molar-refractivity contribution in [3.05, 3.63) is 40.0 Å². The number of hydrogen-bond donors (Lipinski definition) is 0. The number of ether oxygens (including phenoxy) is 1. The average Bonchev–Trinajstić information content (AvgIpc) is 2.84. The Morgan fingerprint density at radius 3 is 2.80 bits per heavy atom. The van der Waals surface area contributed by atoms with Crippen LogP contribution in [0.2, 0.25) is 5.02 Å². The van der Waals surface area contributed by atoms with Gasteiger partial charge in [0, 0.05) is 12.6 Å². The molecular weight excluding hydrogens is 367 g/mol. The molecule has 0 N–H and O–H groups in total. The molecule has 1 heterocycles. The number of thioether (sulfide) groups is 1. The molecule has 0 unspecified atom stereocenters. The first-order valence-corrected chi connectivity index (χ1v) is 8.84. The van der Waals surface area contributed by atoms with Gasteiger partial charge in [-0.3, -0.25) is 9.69 Å². The van der Waals surface area contributed by atoms with E-state index in [9.17, 15) is 14.0 Å². The maximum absolute atomic E-state index is 13.3. The molecule has 0 spiro atoms. The lowest BCUT2D eigenvalue weighted by Gasteiger charge is -2.16. The van der Waals surface area contributed by atoms with Gasteiger partial charge in [-0.15, -0.1) is 0 Å². The van der Waals surface area contributed by atoms with Crippen LogP contribution < -0.4 is 0 Å². The van der Waals surface area contributed by atoms with Gasteiger partial charge in [0.1, 0.15) is 5.82 Å². The average molecular weight is 385 g/mol. The molecule has 0 radical (unpaired) electrons. The zero-order chi connectivity index (χ0) is 18.6. The van der Waals surface area contributed by atoms with Gasteiger partial charge in [-0.25, -0.2) is 14.2 Å². The highest BCUT2D eigenvalue weighted by Gasteiger charge is 2.34. The predicted octanol–water partition coefficient (Wildman–Crippen LogP) is 4.15. The van der Waals surface area contributed by atoms with Gasteiger partial charge >= 0.3 is 5.97 Å². The number of amides is 1. The summed E-state index contributed by atoms with van der Waals surface area (Å²) in [5, 5.41) is 0.374. The minimum Gasteiger partial charge on any atom is -0.466 e. The van der Waals surface area contributed by atoms with Crippen molar-refractivity contribution < 1.29 is 18.7 Å². The van der Waals surface area contributed by atoms with Gasteiger partial charge in [-0.05, 0) is 42.3 Å². The number of amidine groups is 1. The maximum Gasteiger partial charge on any atom is 0.331 e. The molecule has 1 aliphatic rings. The lowest BCUT2D eigenvalue weighted by Crippen LogP contribution is -2.30. The summed E-state index contributed by atoms with van der Waals surface area (Å²) in [5.74, 6) is -1.05. The number of esters is 1. The minimum atomic E-state index is -0.606. The summed E-state index contributed by atoms with van der Waals surface area (Å²) >= 11 is 6.86. The number of methoxy groups -OCH3 is 1. The Balaban J connectivity index is 2.35. The Kier molecular flexibility index (Phi) is 6.61. The summed E-state index contributed by atoms with van der Waals surface area (Å²) < 4.78 is 17.9. The molecule has 25 heavy (non-hydrogen) atoms. The van der Waals surface area contributed by atoms with Gasteiger partial charge in [0.25, 0.3) is 5.91 Å². The maximum atomic E-state index is 13.3. The first-order chi connectivity index (χ1) is 11.8. The lowest BCUT2D eigenvalue weighted by molar-refractivity contribution is -0.135. The zero-order valence-corrected chi connectivity index (χ0v) is 15.7. The van der Waals surface area contributed by atoms with Crippen LogP contribution in [-0.4, -0.2) is 35.6 Å². The van der Waals surface area contributed by atoms with E-state index < -0.39 is 11.8 Å². The van der Waals surface area contributed by atoms with E-state index in [4.69, 9.17) is 11.6 Å². The van der Waals surface area contributed by atoms with Crippen molar-refractivity contribution in [3.8, 4) is 0 Å². The Morgan fingerprint density at radius 2 is 2.20 bits per heavy atom. The molecule has 1 saturated heterocycles. The molecule has 1 amide bonds. The molecule has 1 aromatic carbocycles. The normalized spacial score (nSPS) is 17.8. The number of halogens is 2. The highest BCUT2D eigenvalue weighted by molar-refractivity contribution is 8.18. The molecule has 5 nitrogen and oxygen atoms in total. The van der Waals surface area contributed by atoms with Crippen molar-refractivity contribution in [2.45, 2.75) is 20.3 Å². The molecule has 1 fully saturated rings. The van der Waals surface area contributed by atoms with Crippen LogP contribution in [0.1, 0.15) is 20.3 Å². The van der Waals surface area contributed by atoms with Crippen LogP contribution in [0.5, 0.6) is 0 Å². The summed E-state index contributed by atoms with van der Waals surface area (Å²) in [5.41, 5.74) is 0.426. The smallest absolute Gasteiger partial charge is 0.331 e. The topological polar surface area (TPSA) is 59.0 Å². The van der Waals surface area contributed by atoms with E-state index in [0.717, 1.165) is 24.3 Å². The lowest BCUT2D eigenvalue weighted by atomic mass is 10.1. The van der Waals surface area contributed by atoms with Crippen molar-refractivity contribution in [3.63, 3.8) is 0 Å². The van der Waals surface area contributed by atoms with Gasteiger partial charge < -0.3 is 4.74 Å². The highest BCUT2D eigenvalue weighted by Crippen LogP contribution is 2.34. The number of rotatable bonds is 5. The molecule has 0 bridgehead atoms. The third-order valence-corrected chi connectivity index (χ3v) is 4.69. The van der Waals surface area contributed by atoms with E-state index in [1.807, 2.05) is 0 Å². The van der Waals surface area contributed by atoms with Crippen molar-refractivity contribution in [1.82, 2.24) is 4.90 Å². The third kappa shape index (κ3) is 5.06. The Hall–Kier alpha value is -1.86. The predicted molar refractivity (Wildman–Crippen MR) is 97.4 cm³/mol. The summed E-state index contributed by atoms with van der Waals surface area (Å²) in [4.78, 5) is 30.1. The van der Waals surface area contributed by atoms with Crippen LogP contribution in [0.25, 0.3) is 0 Å². The summed E-state index contributed by atoms with van der Waals surface area (Å²) in [6.07, 6.45) is 1.93. The molecule has 8 heteroatoms. The van der Waals surface area contributed by atoms with E-state index in [0.29, 0.717) is 23.3 Å². The van der Waals surface area contributed by atoms with Crippen molar-refractivity contribution >= 4 is 46.1 Å². The van der Waals surface area contributed by atoms with E-state index in [1.165, 1.54) is 30.2 Å². The molecule has 0 aliphatic carbocycles. The summed E-state index contributed by atoms with van der Waals surface area (Å²) in [6, 6.07) is 4.08. The molecule has 0 aromatic heterocycles. The Morgan fingerprint density at radius 1 is 1.48 bits per heavy atom. The first-order valence-electron chi connectivity index (χ1n) is 7.65. The standard InChI is InChI=1S/C17H18ClFN2O3S/c1-10(2)6-7-21-16(23)14(9-15(22)24-3)25-17(21)20-11-4-5-13(19)12(18)8-11/h4-5,8-10H,6-7H2,1-3H3. The van der Waals surface area contributed by atoms with Crippen LogP contribution in [0.3, 0.4) is 0 Å². The van der Waals surface area contributed by atoms with Crippen LogP contribution in [0.15, 0.2) is 34.2 Å². The van der Waals surface area contributed by atoms with Crippen molar-refractivity contribution in [2.75, 3.05) is 13.7 Å². The Bertz CT molecular complexity index is 749. The van der Waals surface area contributed by atoms with Crippen molar-refractivity contribution in [1.29, 1.82) is 0 Å². The van der Waals surface area contributed by atoms with Crippen LogP contribution in [0, 0.1) is 11.7 Å². The van der Waals surface area contributed by atoms with Crippen LogP contribution >= 0.6 is 23.4 Å². The quantitative estimate of drug-likeness (QED) is 0.565. The number of carbonyl (C=O) groups excluding carboxylic acids is 2. The van der Waals surface area contributed by atoms with Gasteiger partial charge in [0.15, 0.2) is 5.17 Å². The van der Waals surface area contributed by atoms with Gasteiger partial charge in [0.2, 0.25) is 0 Å². The largest absolute Gasteiger partial charge is 0.466 e. The molecule has 0 saturated carbocycles. The fourth-order valence-electron chi connectivity index (χ4n) is 2.01. The van der Waals surface area contributed by atoms with Gasteiger partial charge in [-0.2, -0.15) is 0 Å². The molecular formula is C17H18ClFN2O3S. The summed E-state index contributed by atoms with van der Waals surface area (Å²) in [7, 11) is 1.25. The number of nitrogens with zero attached hydrogens (tertiary/aromatic N) is 2. The second-order valence-electron chi connectivity index (χ2n) is 5.77. The van der Waals surface area contributed by atoms with Crippen LogP contribution in [-0.2, 0) is 14.3 Å². The molecule has 134 valence electrons. The highest BCUT2D eigenvalue weighted by atomic mass is 35.5. The Labute approximate surface area is 154 Å². The zero-order valence-electron chi connectivity index (χ0n) is 14.1. The molecule has 1 aliphatic heterocycles. The monoisotopic (exact) mass is 384 g/mol. The van der Waals surface area contributed by atoms with E-state index >= 15 is 0 Å². The second-order valence-corrected chi connectivity index (χ2v) is 7.18. The number of aliphatic imine (C=N–C) groups is 1. The molecule has 2 rings (SSSR count). The van der Waals surface area contributed by atoms with E-state index in [-0.39, 0.29) is 15.8 Å². The fourth-order valence-corrected chi connectivity index (χ4v) is 3.17. The summed E-state index contributed by atoms with van der Waals surface area (Å²) in [6.45, 7) is 4.57. The van der Waals surface area contributed by atoms with Gasteiger partial charge in [0.05, 0.1) is 22.7 Å². The SMILES string of the molecule is COC(=O)C=C1SC(=Nc2ccc(F)c(Cl)c2)N(CCC(C)C)C1=O. The van der Waals surface area contributed by atoms with E-state index in [1.54, 1.807) is 0 Å². The number of benzene rings is 1. The molecule has 0 atom stereocenters. The number of hydrogen-bond acceptors (Lipinski definition) is 5. The number of carbonyl (C=O) groups is 2. The van der Waals surface area contributed by atoms with Gasteiger partial charge in [-0.1, -0.05) is 25.4 Å². The van der Waals surface area contributed by atoms with Crippen LogP contribution in [0.4, 0.5) is 10.1 Å². The second kappa shape index (κ2) is 8.49.